The standard InChI is InChI=1S/C35H24N4S/c1-35(2)27-13-4-6-16-31(27)40-32-19-24(21-36)26(20-28(32)35)33-25-12-3-5-15-30(25)38-34(39-33)23-11-9-10-22(18-23)29-14-7-8-17-37-29/h3-20H,1-2H3. The molecule has 1 aliphatic rings. The van der Waals surface area contributed by atoms with E-state index in [0.717, 1.165) is 43.9 Å². The predicted molar refractivity (Wildman–Crippen MR) is 161 cm³/mol. The molecule has 4 nitrogen and oxygen atoms in total. The quantitative estimate of drug-likeness (QED) is 0.228. The maximum Gasteiger partial charge on any atom is 0.160 e. The third-order valence-corrected chi connectivity index (χ3v) is 8.77. The summed E-state index contributed by atoms with van der Waals surface area (Å²) in [5.74, 6) is 0.618. The third-order valence-electron chi connectivity index (χ3n) is 7.63. The van der Waals surface area contributed by atoms with Gasteiger partial charge >= 0.3 is 0 Å². The third kappa shape index (κ3) is 3.97. The molecule has 5 heteroatoms. The van der Waals surface area contributed by atoms with Crippen molar-refractivity contribution in [3.63, 3.8) is 0 Å². The Kier molecular flexibility index (Phi) is 5.73. The van der Waals surface area contributed by atoms with Crippen LogP contribution in [-0.2, 0) is 5.41 Å². The first-order chi connectivity index (χ1) is 19.5. The van der Waals surface area contributed by atoms with E-state index in [9.17, 15) is 5.26 Å². The molecule has 7 rings (SSSR count). The van der Waals surface area contributed by atoms with E-state index < -0.39 is 0 Å². The molecule has 0 amide bonds. The summed E-state index contributed by atoms with van der Waals surface area (Å²) in [6.45, 7) is 4.51. The second-order valence-corrected chi connectivity index (χ2v) is 11.5. The first kappa shape index (κ1) is 24.3. The molecular formula is C35H24N4S. The maximum absolute atomic E-state index is 10.3. The Bertz CT molecular complexity index is 1970. The largest absolute Gasteiger partial charge is 0.256 e. The van der Waals surface area contributed by atoms with E-state index in [0.29, 0.717) is 11.4 Å². The molecule has 40 heavy (non-hydrogen) atoms. The van der Waals surface area contributed by atoms with Gasteiger partial charge in [0.15, 0.2) is 5.82 Å². The van der Waals surface area contributed by atoms with Crippen LogP contribution in [0.15, 0.2) is 119 Å². The first-order valence-corrected chi connectivity index (χ1v) is 14.0. The number of rotatable bonds is 3. The number of benzene rings is 4. The van der Waals surface area contributed by atoms with Crippen LogP contribution in [0.1, 0.15) is 30.5 Å². The topological polar surface area (TPSA) is 62.5 Å². The van der Waals surface area contributed by atoms with Gasteiger partial charge in [-0.2, -0.15) is 5.26 Å². The molecule has 0 bridgehead atoms. The van der Waals surface area contributed by atoms with Gasteiger partial charge in [0.1, 0.15) is 0 Å². The lowest BCUT2D eigenvalue weighted by Crippen LogP contribution is -2.24. The molecule has 0 radical (unpaired) electrons. The molecule has 0 N–H and O–H groups in total. The van der Waals surface area contributed by atoms with Crippen molar-refractivity contribution >= 4 is 22.7 Å². The average Bonchev–Trinajstić information content (AvgIpc) is 3.00. The van der Waals surface area contributed by atoms with Crippen molar-refractivity contribution in [1.82, 2.24) is 15.0 Å². The molecule has 190 valence electrons. The van der Waals surface area contributed by atoms with Gasteiger partial charge in [0.25, 0.3) is 0 Å². The van der Waals surface area contributed by atoms with Crippen LogP contribution in [0.2, 0.25) is 0 Å². The lowest BCUT2D eigenvalue weighted by Gasteiger charge is -2.35. The molecular weight excluding hydrogens is 508 g/mol. The fourth-order valence-electron chi connectivity index (χ4n) is 5.54. The van der Waals surface area contributed by atoms with Crippen molar-refractivity contribution in [2.75, 3.05) is 0 Å². The van der Waals surface area contributed by atoms with Crippen molar-refractivity contribution < 1.29 is 0 Å². The number of para-hydroxylation sites is 1. The van der Waals surface area contributed by atoms with Crippen LogP contribution in [0.3, 0.4) is 0 Å². The first-order valence-electron chi connectivity index (χ1n) is 13.2. The summed E-state index contributed by atoms with van der Waals surface area (Å²) < 4.78 is 0. The van der Waals surface area contributed by atoms with Gasteiger partial charge in [-0.05, 0) is 53.6 Å². The minimum absolute atomic E-state index is 0.220. The molecule has 2 aromatic heterocycles. The van der Waals surface area contributed by atoms with Gasteiger partial charge in [-0.15, -0.1) is 0 Å². The van der Waals surface area contributed by atoms with E-state index >= 15 is 0 Å². The Balaban J connectivity index is 1.45. The van der Waals surface area contributed by atoms with Crippen molar-refractivity contribution in [3.8, 4) is 40.0 Å². The van der Waals surface area contributed by atoms with E-state index in [1.54, 1.807) is 18.0 Å². The van der Waals surface area contributed by atoms with Gasteiger partial charge in [-0.25, -0.2) is 9.97 Å². The van der Waals surface area contributed by atoms with E-state index in [1.807, 2.05) is 66.7 Å². The van der Waals surface area contributed by atoms with Crippen LogP contribution < -0.4 is 0 Å². The second-order valence-electron chi connectivity index (χ2n) is 10.4. The molecule has 4 aromatic carbocycles. The Labute approximate surface area is 237 Å². The zero-order valence-electron chi connectivity index (χ0n) is 22.1. The highest BCUT2D eigenvalue weighted by atomic mass is 32.2. The zero-order valence-corrected chi connectivity index (χ0v) is 22.9. The highest BCUT2D eigenvalue weighted by Gasteiger charge is 2.34. The molecule has 0 unspecified atom stereocenters. The van der Waals surface area contributed by atoms with E-state index in [4.69, 9.17) is 9.97 Å². The highest BCUT2D eigenvalue weighted by Crippen LogP contribution is 2.50. The summed E-state index contributed by atoms with van der Waals surface area (Å²) in [6, 6.07) is 37.3. The summed E-state index contributed by atoms with van der Waals surface area (Å²) >= 11 is 1.73. The molecule has 0 saturated carbocycles. The molecule has 0 saturated heterocycles. The maximum atomic E-state index is 10.3. The SMILES string of the molecule is CC1(C)c2ccccc2Sc2cc(C#N)c(-c3nc(-c4cccc(-c5ccccn5)c4)nc4ccccc34)cc21. The van der Waals surface area contributed by atoms with Crippen molar-refractivity contribution in [2.24, 2.45) is 0 Å². The van der Waals surface area contributed by atoms with Crippen molar-refractivity contribution in [3.05, 3.63) is 126 Å². The average molecular weight is 533 g/mol. The molecule has 0 fully saturated rings. The van der Waals surface area contributed by atoms with Gasteiger partial charge < -0.3 is 0 Å². The van der Waals surface area contributed by atoms with Gasteiger partial charge in [-0.1, -0.05) is 86.3 Å². The number of hydrogen-bond acceptors (Lipinski definition) is 5. The number of fused-ring (bicyclic) bond motifs is 3. The van der Waals surface area contributed by atoms with Crippen LogP contribution in [0, 0.1) is 11.3 Å². The van der Waals surface area contributed by atoms with E-state index in [2.05, 4.69) is 61.3 Å². The molecule has 6 aromatic rings. The fraction of sp³-hybridized carbons (Fsp3) is 0.0857. The Morgan fingerprint density at radius 3 is 2.38 bits per heavy atom. The number of nitrogens with zero attached hydrogens (tertiary/aromatic N) is 4. The monoisotopic (exact) mass is 532 g/mol. The lowest BCUT2D eigenvalue weighted by molar-refractivity contribution is 0.607. The number of hydrogen-bond donors (Lipinski definition) is 0. The van der Waals surface area contributed by atoms with Gasteiger partial charge in [-0.3, -0.25) is 4.98 Å². The van der Waals surface area contributed by atoms with Gasteiger partial charge in [0, 0.05) is 43.5 Å². The van der Waals surface area contributed by atoms with Crippen LogP contribution in [0.4, 0.5) is 0 Å². The molecule has 0 atom stereocenters. The summed E-state index contributed by atoms with van der Waals surface area (Å²) in [5.41, 5.74) is 8.11. The number of nitriles is 1. The van der Waals surface area contributed by atoms with Crippen LogP contribution in [-0.4, -0.2) is 15.0 Å². The normalized spacial score (nSPS) is 13.3. The summed E-state index contributed by atoms with van der Waals surface area (Å²) in [5, 5.41) is 11.2. The second kappa shape index (κ2) is 9.44. The predicted octanol–water partition coefficient (Wildman–Crippen LogP) is 8.69. The summed E-state index contributed by atoms with van der Waals surface area (Å²) in [4.78, 5) is 17.0. The number of pyridine rings is 1. The van der Waals surface area contributed by atoms with Gasteiger partial charge in [0.05, 0.1) is 28.5 Å². The number of aromatic nitrogens is 3. The Morgan fingerprint density at radius 1 is 0.725 bits per heavy atom. The highest BCUT2D eigenvalue weighted by molar-refractivity contribution is 7.99. The summed E-state index contributed by atoms with van der Waals surface area (Å²) in [6.07, 6.45) is 1.80. The fourth-order valence-corrected chi connectivity index (χ4v) is 6.96. The van der Waals surface area contributed by atoms with Crippen molar-refractivity contribution in [1.29, 1.82) is 5.26 Å². The minimum atomic E-state index is -0.220. The van der Waals surface area contributed by atoms with Gasteiger partial charge in [0.2, 0.25) is 0 Å². The van der Waals surface area contributed by atoms with Crippen LogP contribution >= 0.6 is 11.8 Å². The lowest BCUT2D eigenvalue weighted by atomic mass is 9.76. The Morgan fingerprint density at radius 2 is 1.52 bits per heavy atom. The van der Waals surface area contributed by atoms with E-state index in [-0.39, 0.29) is 5.41 Å². The molecule has 3 heterocycles. The van der Waals surface area contributed by atoms with Crippen LogP contribution in [0.25, 0.3) is 44.8 Å². The van der Waals surface area contributed by atoms with Crippen molar-refractivity contribution in [2.45, 2.75) is 29.1 Å². The Hall–Kier alpha value is -4.79. The van der Waals surface area contributed by atoms with Crippen LogP contribution in [0.5, 0.6) is 0 Å². The zero-order chi connectivity index (χ0) is 27.3. The smallest absolute Gasteiger partial charge is 0.160 e. The molecule has 0 spiro atoms. The minimum Gasteiger partial charge on any atom is -0.256 e. The summed E-state index contributed by atoms with van der Waals surface area (Å²) in [7, 11) is 0. The molecule has 1 aliphatic heterocycles. The van der Waals surface area contributed by atoms with E-state index in [1.165, 1.54) is 16.0 Å². The molecule has 0 aliphatic carbocycles.